The molecule has 0 aliphatic heterocycles. The Morgan fingerprint density at radius 1 is 1.53 bits per heavy atom. The van der Waals surface area contributed by atoms with Crippen LogP contribution < -0.4 is 11.3 Å². The first-order valence-corrected chi connectivity index (χ1v) is 6.44. The molecule has 6 heteroatoms. The van der Waals surface area contributed by atoms with Crippen molar-refractivity contribution in [3.8, 4) is 0 Å². The predicted molar refractivity (Wildman–Crippen MR) is 73.1 cm³/mol. The Labute approximate surface area is 116 Å². The summed E-state index contributed by atoms with van der Waals surface area (Å²) in [7, 11) is 0. The molecule has 1 aromatic carbocycles. The lowest BCUT2D eigenvalue weighted by Crippen LogP contribution is -2.30. The Morgan fingerprint density at radius 2 is 2.32 bits per heavy atom. The maximum atomic E-state index is 14.0. The summed E-state index contributed by atoms with van der Waals surface area (Å²) < 4.78 is 15.8. The molecule has 2 rings (SSSR count). The molecule has 0 saturated heterocycles. The zero-order valence-corrected chi connectivity index (χ0v) is 11.4. The van der Waals surface area contributed by atoms with E-state index in [1.807, 2.05) is 17.8 Å². The van der Waals surface area contributed by atoms with E-state index < -0.39 is 5.82 Å². The Morgan fingerprint density at radius 3 is 2.95 bits per heavy atom. The maximum Gasteiger partial charge on any atom is 0.146 e. The number of nitrogens with one attached hydrogen (secondary N) is 1. The quantitative estimate of drug-likeness (QED) is 0.654. The lowest BCUT2D eigenvalue weighted by atomic mass is 10.0. The van der Waals surface area contributed by atoms with Crippen molar-refractivity contribution in [2.24, 2.45) is 5.84 Å². The second-order valence-electron chi connectivity index (χ2n) is 4.27. The summed E-state index contributed by atoms with van der Waals surface area (Å²) in [5, 5.41) is 4.28. The Hall–Kier alpha value is -1.43. The first-order chi connectivity index (χ1) is 9.15. The highest BCUT2D eigenvalue weighted by molar-refractivity contribution is 6.30. The number of nitrogens with zero attached hydrogens (tertiary/aromatic N) is 2. The fourth-order valence-electron chi connectivity index (χ4n) is 1.97. The van der Waals surface area contributed by atoms with Crippen LogP contribution in [0.15, 0.2) is 30.6 Å². The van der Waals surface area contributed by atoms with Gasteiger partial charge in [0, 0.05) is 18.3 Å². The van der Waals surface area contributed by atoms with E-state index in [-0.39, 0.29) is 11.1 Å². The molecule has 0 amide bonds. The number of hydrogen-bond donors (Lipinski definition) is 2. The van der Waals surface area contributed by atoms with Crippen LogP contribution in [0.3, 0.4) is 0 Å². The third kappa shape index (κ3) is 3.12. The zero-order chi connectivity index (χ0) is 13.8. The third-order valence-electron chi connectivity index (χ3n) is 3.01. The molecule has 1 unspecified atom stereocenters. The zero-order valence-electron chi connectivity index (χ0n) is 10.6. The van der Waals surface area contributed by atoms with E-state index in [4.69, 9.17) is 17.4 Å². The fourth-order valence-corrected chi connectivity index (χ4v) is 2.15. The summed E-state index contributed by atoms with van der Waals surface area (Å²) in [4.78, 5) is 0. The van der Waals surface area contributed by atoms with E-state index in [9.17, 15) is 4.39 Å². The molecule has 0 aliphatic rings. The standard InChI is InChI=1S/C13H16ClFN4/c1-2-19-8-9(7-17-19)6-12(18-16)10-4-3-5-11(14)13(10)15/h3-5,7-8,12,18H,2,6,16H2,1H3. The number of hydrazine groups is 1. The second-order valence-corrected chi connectivity index (χ2v) is 4.68. The van der Waals surface area contributed by atoms with E-state index in [0.29, 0.717) is 12.0 Å². The molecule has 19 heavy (non-hydrogen) atoms. The largest absolute Gasteiger partial charge is 0.273 e. The number of aromatic nitrogens is 2. The molecule has 0 saturated carbocycles. The summed E-state index contributed by atoms with van der Waals surface area (Å²) in [5.41, 5.74) is 4.07. The van der Waals surface area contributed by atoms with Crippen LogP contribution in [0.25, 0.3) is 0 Å². The van der Waals surface area contributed by atoms with Crippen LogP contribution in [0.2, 0.25) is 5.02 Å². The highest BCUT2D eigenvalue weighted by Crippen LogP contribution is 2.25. The van der Waals surface area contributed by atoms with Crippen LogP contribution >= 0.6 is 11.6 Å². The van der Waals surface area contributed by atoms with Crippen molar-refractivity contribution < 1.29 is 4.39 Å². The van der Waals surface area contributed by atoms with Crippen molar-refractivity contribution in [3.63, 3.8) is 0 Å². The predicted octanol–water partition coefficient (Wildman–Crippen LogP) is 2.44. The molecule has 0 aliphatic carbocycles. The van der Waals surface area contributed by atoms with E-state index in [2.05, 4.69) is 10.5 Å². The van der Waals surface area contributed by atoms with Crippen molar-refractivity contribution in [1.29, 1.82) is 0 Å². The van der Waals surface area contributed by atoms with Crippen LogP contribution in [-0.2, 0) is 13.0 Å². The lowest BCUT2D eigenvalue weighted by Gasteiger charge is -2.16. The molecule has 3 N–H and O–H groups in total. The Bertz CT molecular complexity index is 555. The molecule has 0 spiro atoms. The highest BCUT2D eigenvalue weighted by Gasteiger charge is 2.17. The molecule has 102 valence electrons. The summed E-state index contributed by atoms with van der Waals surface area (Å²) in [6.07, 6.45) is 4.23. The number of nitrogens with two attached hydrogens (primary N) is 1. The maximum absolute atomic E-state index is 14.0. The topological polar surface area (TPSA) is 55.9 Å². The smallest absolute Gasteiger partial charge is 0.146 e. The van der Waals surface area contributed by atoms with Gasteiger partial charge in [-0.1, -0.05) is 23.7 Å². The minimum atomic E-state index is -0.435. The van der Waals surface area contributed by atoms with Crippen molar-refractivity contribution in [2.45, 2.75) is 25.9 Å². The van der Waals surface area contributed by atoms with Gasteiger partial charge in [-0.3, -0.25) is 16.0 Å². The monoisotopic (exact) mass is 282 g/mol. The van der Waals surface area contributed by atoms with Gasteiger partial charge in [0.25, 0.3) is 0 Å². The van der Waals surface area contributed by atoms with Crippen molar-refractivity contribution in [1.82, 2.24) is 15.2 Å². The minimum absolute atomic E-state index is 0.0991. The van der Waals surface area contributed by atoms with Gasteiger partial charge >= 0.3 is 0 Å². The average Bonchev–Trinajstić information content (AvgIpc) is 2.87. The number of hydrogen-bond acceptors (Lipinski definition) is 3. The van der Waals surface area contributed by atoms with Crippen molar-refractivity contribution in [3.05, 3.63) is 52.6 Å². The first kappa shape index (κ1) is 14.0. The molecule has 4 nitrogen and oxygen atoms in total. The molecule has 2 aromatic rings. The van der Waals surface area contributed by atoms with Crippen LogP contribution in [0.4, 0.5) is 4.39 Å². The molecular weight excluding hydrogens is 267 g/mol. The van der Waals surface area contributed by atoms with Gasteiger partial charge < -0.3 is 0 Å². The number of rotatable bonds is 5. The average molecular weight is 283 g/mol. The number of halogens is 2. The summed E-state index contributed by atoms with van der Waals surface area (Å²) in [6, 6.07) is 4.56. The minimum Gasteiger partial charge on any atom is -0.273 e. The van der Waals surface area contributed by atoms with Crippen molar-refractivity contribution >= 4 is 11.6 Å². The summed E-state index contributed by atoms with van der Waals surface area (Å²) >= 11 is 5.78. The van der Waals surface area contributed by atoms with Crippen LogP contribution in [-0.4, -0.2) is 9.78 Å². The van der Waals surface area contributed by atoms with Gasteiger partial charge in [-0.25, -0.2) is 4.39 Å². The Balaban J connectivity index is 2.22. The molecule has 0 fully saturated rings. The van der Waals surface area contributed by atoms with Crippen LogP contribution in [0, 0.1) is 5.82 Å². The van der Waals surface area contributed by atoms with Crippen LogP contribution in [0.1, 0.15) is 24.1 Å². The normalized spacial score (nSPS) is 12.6. The van der Waals surface area contributed by atoms with Gasteiger partial charge in [-0.2, -0.15) is 5.10 Å². The van der Waals surface area contributed by atoms with E-state index in [0.717, 1.165) is 12.1 Å². The molecule has 1 atom stereocenters. The number of aryl methyl sites for hydroxylation is 1. The molecule has 1 heterocycles. The van der Waals surface area contributed by atoms with E-state index >= 15 is 0 Å². The molecule has 0 radical (unpaired) electrons. The molecular formula is C13H16ClFN4. The van der Waals surface area contributed by atoms with Gasteiger partial charge in [0.05, 0.1) is 17.3 Å². The SMILES string of the molecule is CCn1cc(CC(NN)c2cccc(Cl)c2F)cn1. The Kier molecular flexibility index (Phi) is 4.52. The van der Waals surface area contributed by atoms with E-state index in [1.54, 1.807) is 18.3 Å². The summed E-state index contributed by atoms with van der Waals surface area (Å²) in [6.45, 7) is 2.80. The molecule has 0 bridgehead atoms. The van der Waals surface area contributed by atoms with Crippen molar-refractivity contribution in [2.75, 3.05) is 0 Å². The van der Waals surface area contributed by atoms with Gasteiger partial charge in [0.2, 0.25) is 0 Å². The van der Waals surface area contributed by atoms with E-state index in [1.165, 1.54) is 6.07 Å². The second kappa shape index (κ2) is 6.14. The summed E-state index contributed by atoms with van der Waals surface area (Å²) in [5.74, 6) is 5.09. The van der Waals surface area contributed by atoms with Gasteiger partial charge in [-0.15, -0.1) is 0 Å². The van der Waals surface area contributed by atoms with Crippen LogP contribution in [0.5, 0.6) is 0 Å². The number of benzene rings is 1. The fraction of sp³-hybridized carbons (Fsp3) is 0.308. The lowest BCUT2D eigenvalue weighted by molar-refractivity contribution is 0.510. The highest BCUT2D eigenvalue weighted by atomic mass is 35.5. The molecule has 1 aromatic heterocycles. The van der Waals surface area contributed by atoms with Gasteiger partial charge in [0.15, 0.2) is 0 Å². The third-order valence-corrected chi connectivity index (χ3v) is 3.30. The van der Waals surface area contributed by atoms with Gasteiger partial charge in [-0.05, 0) is 25.0 Å². The first-order valence-electron chi connectivity index (χ1n) is 6.07. The van der Waals surface area contributed by atoms with Gasteiger partial charge in [0.1, 0.15) is 5.82 Å².